The molecule has 0 radical (unpaired) electrons. The summed E-state index contributed by atoms with van der Waals surface area (Å²) in [5.74, 6) is -0.851. The van der Waals surface area contributed by atoms with Crippen molar-refractivity contribution >= 4 is 22.6 Å². The second-order valence-electron chi connectivity index (χ2n) is 6.81. The largest absolute Gasteiger partial charge is 0.348 e. The average Bonchev–Trinajstić information content (AvgIpc) is 2.71. The van der Waals surface area contributed by atoms with Gasteiger partial charge in [-0.3, -0.25) is 19.4 Å². The highest BCUT2D eigenvalue weighted by Crippen LogP contribution is 2.12. The second-order valence-corrected chi connectivity index (χ2v) is 6.81. The van der Waals surface area contributed by atoms with Crippen molar-refractivity contribution in [2.45, 2.75) is 13.5 Å². The number of aromatic nitrogens is 3. The van der Waals surface area contributed by atoms with Crippen LogP contribution in [-0.4, -0.2) is 19.9 Å². The summed E-state index contributed by atoms with van der Waals surface area (Å²) in [5.41, 5.74) is 2.10. The van der Waals surface area contributed by atoms with Gasteiger partial charge < -0.3 is 9.88 Å². The molecule has 0 atom stereocenters. The zero-order valence-electron chi connectivity index (χ0n) is 15.9. The number of amides is 1. The number of nitrogens with zero attached hydrogens (tertiary/aromatic N) is 3. The van der Waals surface area contributed by atoms with Crippen molar-refractivity contribution in [1.29, 1.82) is 5.41 Å². The van der Waals surface area contributed by atoms with E-state index in [0.29, 0.717) is 11.3 Å². The third-order valence-electron chi connectivity index (χ3n) is 4.87. The fourth-order valence-corrected chi connectivity index (χ4v) is 3.23. The van der Waals surface area contributed by atoms with E-state index in [1.165, 1.54) is 27.2 Å². The summed E-state index contributed by atoms with van der Waals surface area (Å²) in [5, 5.41) is 11.3. The Labute approximate surface area is 164 Å². The minimum Gasteiger partial charge on any atom is -0.348 e. The Bertz CT molecular complexity index is 1390. The molecule has 0 bridgehead atoms. The van der Waals surface area contributed by atoms with Crippen LogP contribution in [0, 0.1) is 18.2 Å². The molecule has 0 unspecified atom stereocenters. The zero-order valence-corrected chi connectivity index (χ0v) is 15.9. The van der Waals surface area contributed by atoms with Gasteiger partial charge in [-0.15, -0.1) is 0 Å². The molecule has 0 aliphatic rings. The maximum absolute atomic E-state index is 13.0. The summed E-state index contributed by atoms with van der Waals surface area (Å²) < 4.78 is 15.9. The number of fused-ring (bicyclic) bond motifs is 2. The number of nitrogens with one attached hydrogen (secondary N) is 2. The highest BCUT2D eigenvalue weighted by atomic mass is 19.1. The van der Waals surface area contributed by atoms with E-state index in [2.05, 4.69) is 10.3 Å². The van der Waals surface area contributed by atoms with Crippen LogP contribution >= 0.6 is 0 Å². The van der Waals surface area contributed by atoms with Crippen LogP contribution in [0.25, 0.3) is 16.7 Å². The predicted molar refractivity (Wildman–Crippen MR) is 106 cm³/mol. The number of halogens is 1. The van der Waals surface area contributed by atoms with Crippen LogP contribution in [0.5, 0.6) is 0 Å². The number of aryl methyl sites for hydroxylation is 2. The van der Waals surface area contributed by atoms with Gasteiger partial charge in [0, 0.05) is 19.8 Å². The Kier molecular flexibility index (Phi) is 4.46. The van der Waals surface area contributed by atoms with Gasteiger partial charge in [-0.2, -0.15) is 0 Å². The van der Waals surface area contributed by atoms with Crippen LogP contribution in [-0.2, 0) is 13.6 Å². The van der Waals surface area contributed by atoms with Crippen LogP contribution in [0.3, 0.4) is 0 Å². The molecule has 1 amide bonds. The van der Waals surface area contributed by atoms with E-state index in [1.807, 2.05) is 13.0 Å². The Morgan fingerprint density at radius 1 is 1.21 bits per heavy atom. The lowest BCUT2D eigenvalue weighted by molar-refractivity contribution is 0.0948. The van der Waals surface area contributed by atoms with Crippen LogP contribution in [0.2, 0.25) is 0 Å². The Morgan fingerprint density at radius 2 is 1.93 bits per heavy atom. The molecule has 3 heterocycles. The fraction of sp³-hybridized carbons (Fsp3) is 0.143. The fourth-order valence-electron chi connectivity index (χ4n) is 3.23. The van der Waals surface area contributed by atoms with E-state index in [9.17, 15) is 14.0 Å². The highest BCUT2D eigenvalue weighted by Gasteiger charge is 2.16. The van der Waals surface area contributed by atoms with E-state index in [-0.39, 0.29) is 34.4 Å². The van der Waals surface area contributed by atoms with Crippen molar-refractivity contribution in [1.82, 2.24) is 19.3 Å². The van der Waals surface area contributed by atoms with Crippen molar-refractivity contribution in [2.24, 2.45) is 7.05 Å². The number of hydrogen-bond acceptors (Lipinski definition) is 4. The van der Waals surface area contributed by atoms with Gasteiger partial charge in [0.1, 0.15) is 22.6 Å². The molecule has 0 aliphatic carbocycles. The zero-order chi connectivity index (χ0) is 20.7. The molecule has 2 N–H and O–H groups in total. The molecule has 0 saturated heterocycles. The molecule has 3 aromatic heterocycles. The molecule has 0 saturated carbocycles. The van der Waals surface area contributed by atoms with Gasteiger partial charge in [0.05, 0.1) is 10.9 Å². The van der Waals surface area contributed by atoms with E-state index >= 15 is 0 Å². The summed E-state index contributed by atoms with van der Waals surface area (Å²) >= 11 is 0. The lowest BCUT2D eigenvalue weighted by Crippen LogP contribution is -2.33. The van der Waals surface area contributed by atoms with E-state index in [4.69, 9.17) is 5.41 Å². The number of benzene rings is 1. The standard InChI is InChI=1S/C21H18FN5O2/c1-12-4-3-9-27-18(12)25-19-16(21(27)29)10-15(17(23)26(19)2)20(28)24-11-13-5-7-14(22)8-6-13/h3-10,23H,11H2,1-2H3,(H,24,28). The van der Waals surface area contributed by atoms with Gasteiger partial charge in [0.2, 0.25) is 0 Å². The monoisotopic (exact) mass is 391 g/mol. The Balaban J connectivity index is 1.80. The Hall–Kier alpha value is -3.81. The van der Waals surface area contributed by atoms with Crippen molar-refractivity contribution < 1.29 is 9.18 Å². The van der Waals surface area contributed by atoms with E-state index < -0.39 is 5.91 Å². The second kappa shape index (κ2) is 6.97. The quantitative estimate of drug-likeness (QED) is 0.524. The lowest BCUT2D eigenvalue weighted by atomic mass is 10.1. The molecule has 1 aromatic carbocycles. The lowest BCUT2D eigenvalue weighted by Gasteiger charge is -2.12. The molecular weight excluding hydrogens is 373 g/mol. The smallest absolute Gasteiger partial charge is 0.267 e. The van der Waals surface area contributed by atoms with Crippen LogP contribution in [0.1, 0.15) is 21.5 Å². The van der Waals surface area contributed by atoms with Crippen LogP contribution < -0.4 is 16.4 Å². The normalized spacial score (nSPS) is 11.1. The molecule has 8 heteroatoms. The molecule has 29 heavy (non-hydrogen) atoms. The van der Waals surface area contributed by atoms with E-state index in [0.717, 1.165) is 11.1 Å². The average molecular weight is 391 g/mol. The topological polar surface area (TPSA) is 92.3 Å². The number of rotatable bonds is 3. The van der Waals surface area contributed by atoms with Crippen molar-refractivity contribution in [3.63, 3.8) is 0 Å². The number of carbonyl (C=O) groups is 1. The summed E-state index contributed by atoms with van der Waals surface area (Å²) in [7, 11) is 1.60. The van der Waals surface area contributed by atoms with Gasteiger partial charge in [-0.25, -0.2) is 9.37 Å². The van der Waals surface area contributed by atoms with Gasteiger partial charge in [-0.1, -0.05) is 18.2 Å². The maximum atomic E-state index is 13.0. The molecular formula is C21H18FN5O2. The summed E-state index contributed by atoms with van der Waals surface area (Å²) in [6, 6.07) is 10.8. The number of carbonyl (C=O) groups excluding carboxylic acids is 1. The summed E-state index contributed by atoms with van der Waals surface area (Å²) in [6.07, 6.45) is 1.62. The molecule has 0 spiro atoms. The highest BCUT2D eigenvalue weighted by molar-refractivity contribution is 5.96. The van der Waals surface area contributed by atoms with Gasteiger partial charge in [-0.05, 0) is 42.3 Å². The van der Waals surface area contributed by atoms with Crippen molar-refractivity contribution in [3.8, 4) is 0 Å². The van der Waals surface area contributed by atoms with Gasteiger partial charge >= 0.3 is 0 Å². The first-order chi connectivity index (χ1) is 13.9. The van der Waals surface area contributed by atoms with Crippen LogP contribution in [0.15, 0.2) is 53.5 Å². The molecule has 4 rings (SSSR count). The van der Waals surface area contributed by atoms with Gasteiger partial charge in [0.15, 0.2) is 0 Å². The summed E-state index contributed by atoms with van der Waals surface area (Å²) in [6.45, 7) is 2.03. The minimum atomic E-state index is -0.495. The summed E-state index contributed by atoms with van der Waals surface area (Å²) in [4.78, 5) is 30.2. The van der Waals surface area contributed by atoms with Crippen molar-refractivity contribution in [3.05, 3.63) is 87.0 Å². The van der Waals surface area contributed by atoms with Crippen molar-refractivity contribution in [2.75, 3.05) is 0 Å². The maximum Gasteiger partial charge on any atom is 0.267 e. The number of pyridine rings is 2. The third kappa shape index (κ3) is 3.18. The first-order valence-corrected chi connectivity index (χ1v) is 8.96. The molecule has 4 aromatic rings. The van der Waals surface area contributed by atoms with E-state index in [1.54, 1.807) is 31.4 Å². The van der Waals surface area contributed by atoms with Gasteiger partial charge in [0.25, 0.3) is 11.5 Å². The molecule has 146 valence electrons. The molecule has 7 nitrogen and oxygen atoms in total. The molecule has 0 aliphatic heterocycles. The minimum absolute atomic E-state index is 0.0565. The molecule has 0 fully saturated rings. The first kappa shape index (κ1) is 18.5. The first-order valence-electron chi connectivity index (χ1n) is 8.96. The Morgan fingerprint density at radius 3 is 2.66 bits per heavy atom. The third-order valence-corrected chi connectivity index (χ3v) is 4.87. The SMILES string of the molecule is Cc1cccn2c(=O)c3cc(C(=O)NCc4ccc(F)cc4)c(=N)n(C)c3nc12. The predicted octanol–water partition coefficient (Wildman–Crippen LogP) is 2.04. The number of hydrogen-bond donors (Lipinski definition) is 2. The van der Waals surface area contributed by atoms with Crippen LogP contribution in [0.4, 0.5) is 4.39 Å².